The maximum absolute atomic E-state index is 12.3. The number of nitrogens with one attached hydrogen (secondary N) is 2. The first-order valence-corrected chi connectivity index (χ1v) is 8.47. The van der Waals surface area contributed by atoms with E-state index in [1.165, 1.54) is 12.8 Å². The van der Waals surface area contributed by atoms with Crippen LogP contribution in [0.5, 0.6) is 0 Å². The zero-order chi connectivity index (χ0) is 15.8. The summed E-state index contributed by atoms with van der Waals surface area (Å²) in [5.74, 6) is 0.762. The van der Waals surface area contributed by atoms with E-state index in [9.17, 15) is 4.79 Å². The van der Waals surface area contributed by atoms with E-state index in [0.29, 0.717) is 12.5 Å². The van der Waals surface area contributed by atoms with Gasteiger partial charge in [0.25, 0.3) is 0 Å². The molecule has 0 spiro atoms. The Morgan fingerprint density at radius 2 is 2.17 bits per heavy atom. The maximum atomic E-state index is 12.3. The summed E-state index contributed by atoms with van der Waals surface area (Å²) >= 11 is 0. The summed E-state index contributed by atoms with van der Waals surface area (Å²) in [6, 6.07) is 7.93. The van der Waals surface area contributed by atoms with Crippen LogP contribution in [0.1, 0.15) is 31.7 Å². The molecule has 1 aromatic rings. The Kier molecular flexibility index (Phi) is 9.22. The van der Waals surface area contributed by atoms with Crippen LogP contribution in [0.4, 0.5) is 5.69 Å². The summed E-state index contributed by atoms with van der Waals surface area (Å²) in [4.78, 5) is 14.6. The molecule has 1 fully saturated rings. The molecule has 1 aliphatic rings. The Morgan fingerprint density at radius 1 is 1.39 bits per heavy atom. The van der Waals surface area contributed by atoms with Crippen LogP contribution in [0, 0.1) is 12.8 Å². The highest BCUT2D eigenvalue weighted by Crippen LogP contribution is 2.14. The smallest absolute Gasteiger partial charge is 0.238 e. The third kappa shape index (κ3) is 6.90. The molecule has 23 heavy (non-hydrogen) atoms. The SMILES string of the molecule is CCCN(CC(=O)Nc1ccccc1C)CC1CCCNC1.Cl. The minimum Gasteiger partial charge on any atom is -0.325 e. The molecular formula is C18H30ClN3O. The largest absolute Gasteiger partial charge is 0.325 e. The zero-order valence-electron chi connectivity index (χ0n) is 14.3. The molecule has 0 bridgehead atoms. The number of hydrogen-bond donors (Lipinski definition) is 2. The van der Waals surface area contributed by atoms with Crippen LogP contribution in [-0.2, 0) is 4.79 Å². The van der Waals surface area contributed by atoms with E-state index in [-0.39, 0.29) is 18.3 Å². The fourth-order valence-electron chi connectivity index (χ4n) is 3.10. The fraction of sp³-hybridized carbons (Fsp3) is 0.611. The minimum absolute atomic E-state index is 0. The molecule has 130 valence electrons. The molecule has 2 N–H and O–H groups in total. The van der Waals surface area contributed by atoms with Crippen molar-refractivity contribution in [1.82, 2.24) is 10.2 Å². The third-order valence-electron chi connectivity index (χ3n) is 4.24. The van der Waals surface area contributed by atoms with Gasteiger partial charge >= 0.3 is 0 Å². The van der Waals surface area contributed by atoms with Crippen molar-refractivity contribution in [2.75, 3.05) is 38.0 Å². The summed E-state index contributed by atoms with van der Waals surface area (Å²) in [6.07, 6.45) is 3.60. The molecule has 0 radical (unpaired) electrons. The number of para-hydroxylation sites is 1. The van der Waals surface area contributed by atoms with Crippen molar-refractivity contribution in [3.05, 3.63) is 29.8 Å². The van der Waals surface area contributed by atoms with Gasteiger partial charge in [-0.25, -0.2) is 0 Å². The van der Waals surface area contributed by atoms with Crippen LogP contribution in [0.3, 0.4) is 0 Å². The molecule has 0 aliphatic carbocycles. The molecule has 1 aliphatic heterocycles. The molecule has 4 nitrogen and oxygen atoms in total. The van der Waals surface area contributed by atoms with E-state index in [1.807, 2.05) is 31.2 Å². The standard InChI is InChI=1S/C18H29N3O.ClH/c1-3-11-21(13-16-8-6-10-19-12-16)14-18(22)20-17-9-5-4-7-15(17)2;/h4-5,7,9,16,19H,3,6,8,10-14H2,1-2H3,(H,20,22);1H. The number of rotatable bonds is 7. The van der Waals surface area contributed by atoms with Gasteiger partial charge in [-0.1, -0.05) is 25.1 Å². The molecule has 1 aromatic carbocycles. The summed E-state index contributed by atoms with van der Waals surface area (Å²) < 4.78 is 0. The number of carbonyl (C=O) groups is 1. The Labute approximate surface area is 146 Å². The van der Waals surface area contributed by atoms with Gasteiger partial charge in [-0.2, -0.15) is 0 Å². The minimum atomic E-state index is 0. The van der Waals surface area contributed by atoms with Crippen molar-refractivity contribution in [3.8, 4) is 0 Å². The second kappa shape index (κ2) is 10.6. The van der Waals surface area contributed by atoms with Gasteiger partial charge in [0.1, 0.15) is 0 Å². The molecule has 1 unspecified atom stereocenters. The lowest BCUT2D eigenvalue weighted by molar-refractivity contribution is -0.117. The van der Waals surface area contributed by atoms with Gasteiger partial charge in [0.05, 0.1) is 6.54 Å². The number of amides is 1. The molecule has 2 rings (SSSR count). The van der Waals surface area contributed by atoms with Gasteiger partial charge in [-0.05, 0) is 63.4 Å². The quantitative estimate of drug-likeness (QED) is 0.802. The van der Waals surface area contributed by atoms with Crippen LogP contribution >= 0.6 is 12.4 Å². The van der Waals surface area contributed by atoms with E-state index in [0.717, 1.165) is 43.9 Å². The first-order valence-electron chi connectivity index (χ1n) is 8.47. The lowest BCUT2D eigenvalue weighted by Crippen LogP contribution is -2.41. The molecule has 0 saturated carbocycles. The number of anilines is 1. The van der Waals surface area contributed by atoms with Crippen molar-refractivity contribution in [1.29, 1.82) is 0 Å². The highest BCUT2D eigenvalue weighted by Gasteiger charge is 2.18. The van der Waals surface area contributed by atoms with Crippen LogP contribution in [-0.4, -0.2) is 43.5 Å². The molecule has 1 amide bonds. The topological polar surface area (TPSA) is 44.4 Å². The fourth-order valence-corrected chi connectivity index (χ4v) is 3.10. The van der Waals surface area contributed by atoms with E-state index in [1.54, 1.807) is 0 Å². The van der Waals surface area contributed by atoms with E-state index < -0.39 is 0 Å². The van der Waals surface area contributed by atoms with Crippen molar-refractivity contribution in [3.63, 3.8) is 0 Å². The highest BCUT2D eigenvalue weighted by molar-refractivity contribution is 5.92. The number of carbonyl (C=O) groups excluding carboxylic acids is 1. The molecule has 1 atom stereocenters. The average molecular weight is 340 g/mol. The molecule has 5 heteroatoms. The number of aryl methyl sites for hydroxylation is 1. The second-order valence-electron chi connectivity index (χ2n) is 6.31. The van der Waals surface area contributed by atoms with Gasteiger partial charge in [0, 0.05) is 12.2 Å². The second-order valence-corrected chi connectivity index (χ2v) is 6.31. The Bertz CT molecular complexity index is 475. The Morgan fingerprint density at radius 3 is 2.83 bits per heavy atom. The molecular weight excluding hydrogens is 310 g/mol. The van der Waals surface area contributed by atoms with Crippen LogP contribution in [0.15, 0.2) is 24.3 Å². The molecule has 1 saturated heterocycles. The highest BCUT2D eigenvalue weighted by atomic mass is 35.5. The van der Waals surface area contributed by atoms with Gasteiger partial charge in [0.2, 0.25) is 5.91 Å². The zero-order valence-corrected chi connectivity index (χ0v) is 15.1. The summed E-state index contributed by atoms with van der Waals surface area (Å²) in [5.41, 5.74) is 2.03. The summed E-state index contributed by atoms with van der Waals surface area (Å²) in [6.45, 7) is 8.90. The maximum Gasteiger partial charge on any atom is 0.238 e. The number of halogens is 1. The van der Waals surface area contributed by atoms with Crippen molar-refractivity contribution in [2.45, 2.75) is 33.1 Å². The van der Waals surface area contributed by atoms with Crippen LogP contribution in [0.25, 0.3) is 0 Å². The number of hydrogen-bond acceptors (Lipinski definition) is 3. The predicted molar refractivity (Wildman–Crippen MR) is 99.4 cm³/mol. The Hall–Kier alpha value is -1.10. The van der Waals surface area contributed by atoms with Crippen molar-refractivity contribution >= 4 is 24.0 Å². The third-order valence-corrected chi connectivity index (χ3v) is 4.24. The van der Waals surface area contributed by atoms with E-state index in [4.69, 9.17) is 0 Å². The first-order chi connectivity index (χ1) is 10.7. The monoisotopic (exact) mass is 339 g/mol. The van der Waals surface area contributed by atoms with E-state index >= 15 is 0 Å². The molecule has 0 aromatic heterocycles. The first kappa shape index (κ1) is 19.9. The average Bonchev–Trinajstić information content (AvgIpc) is 2.51. The number of piperidine rings is 1. The normalized spacial score (nSPS) is 17.6. The van der Waals surface area contributed by atoms with Gasteiger partial charge in [-0.3, -0.25) is 9.69 Å². The van der Waals surface area contributed by atoms with Crippen LogP contribution < -0.4 is 10.6 Å². The van der Waals surface area contributed by atoms with Crippen molar-refractivity contribution in [2.24, 2.45) is 5.92 Å². The predicted octanol–water partition coefficient (Wildman–Crippen LogP) is 3.07. The summed E-state index contributed by atoms with van der Waals surface area (Å²) in [7, 11) is 0. The van der Waals surface area contributed by atoms with E-state index in [2.05, 4.69) is 22.5 Å². The lowest BCUT2D eigenvalue weighted by Gasteiger charge is -2.29. The Balaban J connectivity index is 0.00000264. The number of benzene rings is 1. The summed E-state index contributed by atoms with van der Waals surface area (Å²) in [5, 5.41) is 6.50. The van der Waals surface area contributed by atoms with Gasteiger partial charge in [0.15, 0.2) is 0 Å². The van der Waals surface area contributed by atoms with Crippen LogP contribution in [0.2, 0.25) is 0 Å². The van der Waals surface area contributed by atoms with Gasteiger partial charge in [-0.15, -0.1) is 12.4 Å². The molecule has 1 heterocycles. The lowest BCUT2D eigenvalue weighted by atomic mass is 9.99. The number of nitrogens with zero attached hydrogens (tertiary/aromatic N) is 1. The van der Waals surface area contributed by atoms with Gasteiger partial charge < -0.3 is 10.6 Å². The van der Waals surface area contributed by atoms with Crippen molar-refractivity contribution < 1.29 is 4.79 Å².